The molecule has 0 fully saturated rings. The largest absolute Gasteiger partial charge is 0.324 e. The van der Waals surface area contributed by atoms with Crippen molar-refractivity contribution in [2.24, 2.45) is 11.7 Å². The number of aromatic nitrogens is 1. The van der Waals surface area contributed by atoms with E-state index in [1.807, 2.05) is 12.1 Å². The van der Waals surface area contributed by atoms with Gasteiger partial charge in [-0.25, -0.2) is 0 Å². The Morgan fingerprint density at radius 2 is 1.62 bits per heavy atom. The van der Waals surface area contributed by atoms with Gasteiger partial charge >= 0.3 is 0 Å². The first-order valence-electron chi connectivity index (χ1n) is 3.87. The molecular weight excluding hydrogens is 207 g/mol. The maximum absolute atomic E-state index is 5.91. The molecule has 0 spiro atoms. The summed E-state index contributed by atoms with van der Waals surface area (Å²) in [6, 6.07) is 4.06. The maximum Gasteiger partial charge on any atom is 0.0319 e. The highest BCUT2D eigenvalue weighted by Gasteiger charge is 2.08. The van der Waals surface area contributed by atoms with Crippen LogP contribution < -0.4 is 5.73 Å². The fraction of sp³-hybridized carbons (Fsp3) is 0.444. The van der Waals surface area contributed by atoms with Crippen LogP contribution in [0.1, 0.15) is 25.5 Å². The SMILES string of the molecule is CC(C)[C@@H](N)c1ccncc1.Cl.Cl. The smallest absolute Gasteiger partial charge is 0.0319 e. The van der Waals surface area contributed by atoms with E-state index < -0.39 is 0 Å². The van der Waals surface area contributed by atoms with Gasteiger partial charge in [-0.1, -0.05) is 13.8 Å². The molecule has 0 aliphatic rings. The van der Waals surface area contributed by atoms with Crippen molar-refractivity contribution in [2.75, 3.05) is 0 Å². The Labute approximate surface area is 91.8 Å². The molecule has 0 saturated carbocycles. The summed E-state index contributed by atoms with van der Waals surface area (Å²) in [4.78, 5) is 3.93. The first-order valence-corrected chi connectivity index (χ1v) is 3.87. The van der Waals surface area contributed by atoms with E-state index in [1.165, 1.54) is 0 Å². The number of nitrogens with two attached hydrogens (primary N) is 1. The molecule has 2 N–H and O–H groups in total. The lowest BCUT2D eigenvalue weighted by molar-refractivity contribution is 0.514. The summed E-state index contributed by atoms with van der Waals surface area (Å²) in [5.74, 6) is 0.484. The second kappa shape index (κ2) is 7.13. The lowest BCUT2D eigenvalue weighted by atomic mass is 9.98. The Kier molecular flexibility index (Phi) is 8.32. The molecule has 0 bridgehead atoms. The van der Waals surface area contributed by atoms with Gasteiger partial charge in [0, 0.05) is 18.4 Å². The van der Waals surface area contributed by atoms with Crippen molar-refractivity contribution in [2.45, 2.75) is 19.9 Å². The highest BCUT2D eigenvalue weighted by Crippen LogP contribution is 2.16. The number of halogens is 2. The van der Waals surface area contributed by atoms with Crippen LogP contribution in [-0.2, 0) is 0 Å². The normalized spacial score (nSPS) is 11.4. The molecular formula is C9H16Cl2N2. The third-order valence-corrected chi connectivity index (χ3v) is 1.81. The molecule has 0 aliphatic carbocycles. The first kappa shape index (κ1) is 15.2. The Morgan fingerprint density at radius 3 is 2.00 bits per heavy atom. The number of hydrogen-bond acceptors (Lipinski definition) is 2. The molecule has 0 unspecified atom stereocenters. The van der Waals surface area contributed by atoms with Gasteiger partial charge < -0.3 is 5.73 Å². The van der Waals surface area contributed by atoms with E-state index in [1.54, 1.807) is 12.4 Å². The minimum Gasteiger partial charge on any atom is -0.324 e. The van der Waals surface area contributed by atoms with Gasteiger partial charge in [-0.3, -0.25) is 4.98 Å². The Hall–Kier alpha value is -0.310. The maximum atomic E-state index is 5.91. The summed E-state index contributed by atoms with van der Waals surface area (Å²) >= 11 is 0. The van der Waals surface area contributed by atoms with Crippen molar-refractivity contribution in [3.05, 3.63) is 30.1 Å². The molecule has 0 saturated heterocycles. The third kappa shape index (κ3) is 4.46. The molecule has 13 heavy (non-hydrogen) atoms. The van der Waals surface area contributed by atoms with E-state index >= 15 is 0 Å². The van der Waals surface area contributed by atoms with Crippen molar-refractivity contribution in [1.29, 1.82) is 0 Å². The van der Waals surface area contributed by atoms with Gasteiger partial charge in [0.25, 0.3) is 0 Å². The zero-order valence-corrected chi connectivity index (χ0v) is 9.44. The average Bonchev–Trinajstić information content (AvgIpc) is 2.05. The van der Waals surface area contributed by atoms with Gasteiger partial charge in [-0.15, -0.1) is 24.8 Å². The molecule has 1 aromatic rings. The monoisotopic (exact) mass is 222 g/mol. The van der Waals surface area contributed by atoms with E-state index in [2.05, 4.69) is 18.8 Å². The van der Waals surface area contributed by atoms with Crippen LogP contribution >= 0.6 is 24.8 Å². The minimum atomic E-state index is 0. The standard InChI is InChI=1S/C9H14N2.2ClH/c1-7(2)9(10)8-3-5-11-6-4-8;;/h3-7,9H,10H2,1-2H3;2*1H/t9-;;/m1../s1. The lowest BCUT2D eigenvalue weighted by Gasteiger charge is -2.14. The molecule has 1 aromatic heterocycles. The van der Waals surface area contributed by atoms with Gasteiger partial charge in [0.15, 0.2) is 0 Å². The minimum absolute atomic E-state index is 0. The second-order valence-corrected chi connectivity index (χ2v) is 3.05. The fourth-order valence-corrected chi connectivity index (χ4v) is 0.971. The van der Waals surface area contributed by atoms with E-state index in [9.17, 15) is 0 Å². The molecule has 0 radical (unpaired) electrons. The zero-order valence-electron chi connectivity index (χ0n) is 7.81. The number of hydrogen-bond donors (Lipinski definition) is 1. The molecule has 1 rings (SSSR count). The molecule has 0 aliphatic heterocycles. The van der Waals surface area contributed by atoms with Crippen LogP contribution in [0.25, 0.3) is 0 Å². The highest BCUT2D eigenvalue weighted by atomic mass is 35.5. The summed E-state index contributed by atoms with van der Waals surface area (Å²) in [7, 11) is 0. The van der Waals surface area contributed by atoms with Crippen LogP contribution in [-0.4, -0.2) is 4.98 Å². The van der Waals surface area contributed by atoms with Crippen LogP contribution in [0.15, 0.2) is 24.5 Å². The van der Waals surface area contributed by atoms with Gasteiger partial charge in [0.05, 0.1) is 0 Å². The lowest BCUT2D eigenvalue weighted by Crippen LogP contribution is -2.16. The van der Waals surface area contributed by atoms with Crippen LogP contribution in [0.4, 0.5) is 0 Å². The van der Waals surface area contributed by atoms with Gasteiger partial charge in [0.1, 0.15) is 0 Å². The molecule has 4 heteroatoms. The Bertz CT molecular complexity index is 214. The van der Waals surface area contributed by atoms with E-state index in [0.717, 1.165) is 5.56 Å². The molecule has 2 nitrogen and oxygen atoms in total. The van der Waals surface area contributed by atoms with E-state index in [4.69, 9.17) is 5.73 Å². The summed E-state index contributed by atoms with van der Waals surface area (Å²) < 4.78 is 0. The topological polar surface area (TPSA) is 38.9 Å². The summed E-state index contributed by atoms with van der Waals surface area (Å²) in [6.07, 6.45) is 3.55. The fourth-order valence-electron chi connectivity index (χ4n) is 0.971. The molecule has 1 heterocycles. The second-order valence-electron chi connectivity index (χ2n) is 3.05. The quantitative estimate of drug-likeness (QED) is 0.836. The molecule has 1 atom stereocenters. The number of rotatable bonds is 2. The van der Waals surface area contributed by atoms with Gasteiger partial charge in [-0.05, 0) is 23.6 Å². The van der Waals surface area contributed by atoms with Gasteiger partial charge in [0.2, 0.25) is 0 Å². The molecule has 0 amide bonds. The Balaban J connectivity index is 0. The van der Waals surface area contributed by atoms with Crippen LogP contribution in [0.3, 0.4) is 0 Å². The summed E-state index contributed by atoms with van der Waals surface area (Å²) in [5.41, 5.74) is 7.07. The average molecular weight is 223 g/mol. The predicted octanol–water partition coefficient (Wildman–Crippen LogP) is 2.58. The molecule has 76 valence electrons. The Morgan fingerprint density at radius 1 is 1.15 bits per heavy atom. The summed E-state index contributed by atoms with van der Waals surface area (Å²) in [5, 5.41) is 0. The van der Waals surface area contributed by atoms with E-state index in [-0.39, 0.29) is 30.9 Å². The zero-order chi connectivity index (χ0) is 8.27. The van der Waals surface area contributed by atoms with Gasteiger partial charge in [-0.2, -0.15) is 0 Å². The number of pyridine rings is 1. The van der Waals surface area contributed by atoms with Crippen molar-refractivity contribution < 1.29 is 0 Å². The predicted molar refractivity (Wildman–Crippen MR) is 60.5 cm³/mol. The van der Waals surface area contributed by atoms with Crippen molar-refractivity contribution in [1.82, 2.24) is 4.98 Å². The molecule has 0 aromatic carbocycles. The highest BCUT2D eigenvalue weighted by molar-refractivity contribution is 5.85. The van der Waals surface area contributed by atoms with Crippen molar-refractivity contribution in [3.8, 4) is 0 Å². The van der Waals surface area contributed by atoms with Crippen LogP contribution in [0, 0.1) is 5.92 Å². The van der Waals surface area contributed by atoms with E-state index in [0.29, 0.717) is 5.92 Å². The third-order valence-electron chi connectivity index (χ3n) is 1.81. The van der Waals surface area contributed by atoms with Crippen LogP contribution in [0.2, 0.25) is 0 Å². The first-order chi connectivity index (χ1) is 5.22. The van der Waals surface area contributed by atoms with Crippen molar-refractivity contribution in [3.63, 3.8) is 0 Å². The number of nitrogens with zero attached hydrogens (tertiary/aromatic N) is 1. The summed E-state index contributed by atoms with van der Waals surface area (Å²) in [6.45, 7) is 4.23. The van der Waals surface area contributed by atoms with Crippen LogP contribution in [0.5, 0.6) is 0 Å². The van der Waals surface area contributed by atoms with Crippen molar-refractivity contribution >= 4 is 24.8 Å².